The highest BCUT2D eigenvalue weighted by Crippen LogP contribution is 2.34. The Morgan fingerprint density at radius 1 is 0.853 bits per heavy atom. The molecular formula is C27H26O7. The molecule has 0 aliphatic carbocycles. The summed E-state index contributed by atoms with van der Waals surface area (Å²) in [7, 11) is 0. The van der Waals surface area contributed by atoms with Gasteiger partial charge in [0.15, 0.2) is 24.1 Å². The van der Waals surface area contributed by atoms with Crippen LogP contribution in [0.25, 0.3) is 0 Å². The molecular weight excluding hydrogens is 436 g/mol. The lowest BCUT2D eigenvalue weighted by atomic mass is 9.90. The minimum atomic E-state index is -1.51. The second-order valence-electron chi connectivity index (χ2n) is 8.15. The maximum absolute atomic E-state index is 12.9. The molecule has 0 saturated carbocycles. The summed E-state index contributed by atoms with van der Waals surface area (Å²) in [5.41, 5.74) is 0.00309. The molecule has 0 radical (unpaired) electrons. The van der Waals surface area contributed by atoms with Gasteiger partial charge < -0.3 is 24.1 Å². The van der Waals surface area contributed by atoms with E-state index in [4.69, 9.17) is 18.9 Å². The first-order valence-corrected chi connectivity index (χ1v) is 11.0. The summed E-state index contributed by atoms with van der Waals surface area (Å²) < 4.78 is 23.1. The van der Waals surface area contributed by atoms with E-state index in [-0.39, 0.29) is 13.2 Å². The average molecular weight is 462 g/mol. The monoisotopic (exact) mass is 462 g/mol. The molecule has 1 unspecified atom stereocenters. The third-order valence-corrected chi connectivity index (χ3v) is 5.72. The second-order valence-corrected chi connectivity index (χ2v) is 8.15. The Morgan fingerprint density at radius 2 is 1.35 bits per heavy atom. The highest BCUT2D eigenvalue weighted by Gasteiger charge is 2.54. The Hall–Kier alpha value is -3.52. The van der Waals surface area contributed by atoms with Gasteiger partial charge in [-0.15, -0.1) is 0 Å². The molecule has 3 aromatic rings. The zero-order valence-electron chi connectivity index (χ0n) is 18.7. The van der Waals surface area contributed by atoms with Gasteiger partial charge in [-0.3, -0.25) is 0 Å². The topological polar surface area (TPSA) is 91.3 Å². The first-order valence-electron chi connectivity index (χ1n) is 11.0. The zero-order chi connectivity index (χ0) is 24.0. The number of aliphatic hydroxyl groups is 1. The van der Waals surface area contributed by atoms with Gasteiger partial charge in [0.1, 0.15) is 0 Å². The predicted molar refractivity (Wildman–Crippen MR) is 123 cm³/mol. The summed E-state index contributed by atoms with van der Waals surface area (Å²) in [5, 5.41) is 10.8. The Bertz CT molecular complexity index is 1090. The minimum absolute atomic E-state index is 0.122. The smallest absolute Gasteiger partial charge is 0.338 e. The number of benzene rings is 3. The molecule has 176 valence electrons. The molecule has 0 bridgehead atoms. The van der Waals surface area contributed by atoms with Gasteiger partial charge in [0.05, 0.1) is 24.3 Å². The van der Waals surface area contributed by atoms with Gasteiger partial charge in [0.25, 0.3) is 0 Å². The van der Waals surface area contributed by atoms with Gasteiger partial charge in [-0.05, 0) is 36.8 Å². The lowest BCUT2D eigenvalue weighted by molar-refractivity contribution is -0.311. The molecule has 0 spiro atoms. The van der Waals surface area contributed by atoms with Gasteiger partial charge in [0, 0.05) is 0 Å². The summed E-state index contributed by atoms with van der Waals surface area (Å²) in [4.78, 5) is 25.7. The number of aliphatic hydroxyl groups excluding tert-OH is 1. The fourth-order valence-corrected chi connectivity index (χ4v) is 3.74. The van der Waals surface area contributed by atoms with Crippen LogP contribution >= 0.6 is 0 Å². The van der Waals surface area contributed by atoms with Crippen LogP contribution in [0.2, 0.25) is 0 Å². The largest absolute Gasteiger partial charge is 0.452 e. The van der Waals surface area contributed by atoms with E-state index in [1.54, 1.807) is 67.6 Å². The van der Waals surface area contributed by atoms with Crippen LogP contribution < -0.4 is 0 Å². The third-order valence-electron chi connectivity index (χ3n) is 5.72. The fourth-order valence-electron chi connectivity index (χ4n) is 3.74. The minimum Gasteiger partial charge on any atom is -0.452 e. The predicted octanol–water partition coefficient (Wildman–Crippen LogP) is 3.76. The van der Waals surface area contributed by atoms with Crippen molar-refractivity contribution in [1.82, 2.24) is 0 Å². The highest BCUT2D eigenvalue weighted by molar-refractivity contribution is 5.90. The SMILES string of the molecule is C[C@]1(OCc2ccccc2)C(O)OC[C@@H](OC(=O)c2ccccc2)[C@H]1OC(=O)c1ccccc1. The molecule has 1 heterocycles. The molecule has 7 heteroatoms. The van der Waals surface area contributed by atoms with Crippen LogP contribution in [0.5, 0.6) is 0 Å². The van der Waals surface area contributed by atoms with E-state index < -0.39 is 36.0 Å². The molecule has 7 nitrogen and oxygen atoms in total. The highest BCUT2D eigenvalue weighted by atomic mass is 16.7. The van der Waals surface area contributed by atoms with Crippen LogP contribution in [0.4, 0.5) is 0 Å². The lowest BCUT2D eigenvalue weighted by Gasteiger charge is -2.46. The van der Waals surface area contributed by atoms with Gasteiger partial charge >= 0.3 is 11.9 Å². The number of hydrogen-bond donors (Lipinski definition) is 1. The second kappa shape index (κ2) is 10.6. The van der Waals surface area contributed by atoms with E-state index in [0.717, 1.165) is 5.56 Å². The first kappa shape index (κ1) is 23.6. The van der Waals surface area contributed by atoms with Gasteiger partial charge in [-0.2, -0.15) is 0 Å². The van der Waals surface area contributed by atoms with Crippen molar-refractivity contribution in [2.75, 3.05) is 6.61 Å². The standard InChI is InChI=1S/C27H26O7/c1-27(32-17-19-11-5-2-6-12-19)23(34-25(29)21-15-9-4-10-16-21)22(18-31-26(27)30)33-24(28)20-13-7-3-8-14-20/h2-16,22-23,26,30H,17-18H2,1H3/t22-,23-,26?,27-/m1/s1. The van der Waals surface area contributed by atoms with Gasteiger partial charge in [0.2, 0.25) is 0 Å². The fraction of sp³-hybridized carbons (Fsp3) is 0.259. The van der Waals surface area contributed by atoms with E-state index in [0.29, 0.717) is 11.1 Å². The molecule has 0 amide bonds. The number of hydrogen-bond acceptors (Lipinski definition) is 7. The molecule has 3 aromatic carbocycles. The van der Waals surface area contributed by atoms with Crippen LogP contribution in [-0.4, -0.2) is 47.8 Å². The summed E-state index contributed by atoms with van der Waals surface area (Å²) in [6.07, 6.45) is -3.57. The van der Waals surface area contributed by atoms with Crippen LogP contribution in [0, 0.1) is 0 Å². The van der Waals surface area contributed by atoms with Gasteiger partial charge in [-0.25, -0.2) is 9.59 Å². The van der Waals surface area contributed by atoms with Crippen LogP contribution in [0.1, 0.15) is 33.2 Å². The van der Waals surface area contributed by atoms with Crippen LogP contribution in [0.15, 0.2) is 91.0 Å². The van der Waals surface area contributed by atoms with Crippen LogP contribution in [-0.2, 0) is 25.6 Å². The molecule has 0 aromatic heterocycles. The van der Waals surface area contributed by atoms with E-state index in [1.165, 1.54) is 0 Å². The molecule has 4 rings (SSSR count). The maximum Gasteiger partial charge on any atom is 0.338 e. The van der Waals surface area contributed by atoms with Crippen molar-refractivity contribution >= 4 is 11.9 Å². The van der Waals surface area contributed by atoms with E-state index in [2.05, 4.69) is 0 Å². The summed E-state index contributed by atoms with van der Waals surface area (Å²) >= 11 is 0. The Kier molecular flexibility index (Phi) is 7.37. The van der Waals surface area contributed by atoms with Crippen molar-refractivity contribution in [3.05, 3.63) is 108 Å². The molecule has 34 heavy (non-hydrogen) atoms. The average Bonchev–Trinajstić information content (AvgIpc) is 2.89. The van der Waals surface area contributed by atoms with E-state index >= 15 is 0 Å². The van der Waals surface area contributed by atoms with Crippen molar-refractivity contribution in [2.24, 2.45) is 0 Å². The summed E-state index contributed by atoms with van der Waals surface area (Å²) in [6.45, 7) is 1.53. The number of ether oxygens (including phenoxy) is 4. The number of esters is 2. The first-order chi connectivity index (χ1) is 16.5. The molecule has 4 atom stereocenters. The molecule has 1 fully saturated rings. The molecule has 1 aliphatic heterocycles. The van der Waals surface area contributed by atoms with Crippen molar-refractivity contribution in [3.63, 3.8) is 0 Å². The quantitative estimate of drug-likeness (QED) is 0.535. The lowest BCUT2D eigenvalue weighted by Crippen LogP contribution is -2.64. The molecule has 1 aliphatic rings. The number of carbonyl (C=O) groups is 2. The van der Waals surface area contributed by atoms with Crippen LogP contribution in [0.3, 0.4) is 0 Å². The molecule has 1 saturated heterocycles. The number of carbonyl (C=O) groups excluding carboxylic acids is 2. The van der Waals surface area contributed by atoms with Crippen molar-refractivity contribution in [3.8, 4) is 0 Å². The Balaban J connectivity index is 1.61. The van der Waals surface area contributed by atoms with E-state index in [1.807, 2.05) is 30.3 Å². The Labute approximate surface area is 197 Å². The summed E-state index contributed by atoms with van der Waals surface area (Å²) in [6, 6.07) is 26.3. The normalized spacial score (nSPS) is 24.2. The van der Waals surface area contributed by atoms with E-state index in [9.17, 15) is 14.7 Å². The number of rotatable bonds is 7. The third kappa shape index (κ3) is 5.34. The maximum atomic E-state index is 12.9. The van der Waals surface area contributed by atoms with Gasteiger partial charge in [-0.1, -0.05) is 66.7 Å². The van der Waals surface area contributed by atoms with Crippen molar-refractivity contribution in [1.29, 1.82) is 0 Å². The Morgan fingerprint density at radius 3 is 1.91 bits per heavy atom. The zero-order valence-corrected chi connectivity index (χ0v) is 18.7. The molecule has 1 N–H and O–H groups in total. The van der Waals surface area contributed by atoms with Crippen molar-refractivity contribution < 1.29 is 33.6 Å². The summed E-state index contributed by atoms with van der Waals surface area (Å²) in [5.74, 6) is -1.23. The van der Waals surface area contributed by atoms with Crippen molar-refractivity contribution in [2.45, 2.75) is 37.6 Å².